The van der Waals surface area contributed by atoms with Crippen molar-refractivity contribution in [3.63, 3.8) is 0 Å². The van der Waals surface area contributed by atoms with Crippen LogP contribution in [-0.2, 0) is 5.41 Å². The van der Waals surface area contributed by atoms with Crippen molar-refractivity contribution in [2.45, 2.75) is 5.41 Å². The Kier molecular flexibility index (Phi) is 3.10. The lowest BCUT2D eigenvalue weighted by atomic mass is 9.70. The molecule has 0 nitrogen and oxygen atoms in total. The molecule has 0 N–H and O–H groups in total. The highest BCUT2D eigenvalue weighted by atomic mass is 79.9. The summed E-state index contributed by atoms with van der Waals surface area (Å²) in [7, 11) is 0. The maximum atomic E-state index is 6.74. The Labute approximate surface area is 171 Å². The molecule has 1 spiro atoms. The molecule has 0 amide bonds. The standard InChI is InChI=1S/C25H14BrCl/c26-21-13-5-11-19-23(21)15-7-1-3-9-17(15)25(19)18-10-4-2-8-16(18)24-20(25)12-6-14-22(24)27/h1-14H. The van der Waals surface area contributed by atoms with Crippen molar-refractivity contribution in [3.05, 3.63) is 117 Å². The Balaban J connectivity index is 1.90. The second-order valence-corrected chi connectivity index (χ2v) is 8.43. The van der Waals surface area contributed by atoms with Crippen LogP contribution in [0.1, 0.15) is 22.3 Å². The molecule has 4 aromatic rings. The van der Waals surface area contributed by atoms with Crippen LogP contribution in [0.15, 0.2) is 89.4 Å². The summed E-state index contributed by atoms with van der Waals surface area (Å²) in [5.41, 5.74) is 9.92. The van der Waals surface area contributed by atoms with Crippen LogP contribution in [0.25, 0.3) is 22.3 Å². The molecule has 0 aromatic heterocycles. The molecule has 1 unspecified atom stereocenters. The number of halogens is 2. The summed E-state index contributed by atoms with van der Waals surface area (Å²) in [6.07, 6.45) is 0. The highest BCUT2D eigenvalue weighted by molar-refractivity contribution is 9.10. The predicted octanol–water partition coefficient (Wildman–Crippen LogP) is 7.45. The molecule has 4 aromatic carbocycles. The van der Waals surface area contributed by atoms with Gasteiger partial charge in [0.15, 0.2) is 0 Å². The highest BCUT2D eigenvalue weighted by Crippen LogP contribution is 2.64. The van der Waals surface area contributed by atoms with Crippen LogP contribution in [0.4, 0.5) is 0 Å². The molecule has 2 aliphatic rings. The van der Waals surface area contributed by atoms with E-state index in [2.05, 4.69) is 94.8 Å². The van der Waals surface area contributed by atoms with E-state index in [1.807, 2.05) is 6.07 Å². The van der Waals surface area contributed by atoms with E-state index in [0.717, 1.165) is 15.1 Å². The number of rotatable bonds is 0. The molecule has 27 heavy (non-hydrogen) atoms. The minimum atomic E-state index is -0.313. The third-order valence-electron chi connectivity index (χ3n) is 6.04. The van der Waals surface area contributed by atoms with E-state index in [4.69, 9.17) is 11.6 Å². The maximum Gasteiger partial charge on any atom is 0.0726 e. The first-order chi connectivity index (χ1) is 13.2. The van der Waals surface area contributed by atoms with E-state index in [1.54, 1.807) is 0 Å². The first kappa shape index (κ1) is 15.7. The summed E-state index contributed by atoms with van der Waals surface area (Å²) < 4.78 is 1.14. The van der Waals surface area contributed by atoms with E-state index < -0.39 is 0 Å². The van der Waals surface area contributed by atoms with Crippen LogP contribution in [-0.4, -0.2) is 0 Å². The van der Waals surface area contributed by atoms with Crippen LogP contribution in [0.2, 0.25) is 5.02 Å². The van der Waals surface area contributed by atoms with E-state index in [1.165, 1.54) is 38.9 Å². The predicted molar refractivity (Wildman–Crippen MR) is 115 cm³/mol. The molecule has 128 valence electrons. The lowest BCUT2D eigenvalue weighted by Crippen LogP contribution is -2.25. The second kappa shape index (κ2) is 5.34. The van der Waals surface area contributed by atoms with Gasteiger partial charge in [0, 0.05) is 20.6 Å². The van der Waals surface area contributed by atoms with Gasteiger partial charge < -0.3 is 0 Å². The van der Waals surface area contributed by atoms with Gasteiger partial charge in [-0.05, 0) is 45.5 Å². The molecular weight excluding hydrogens is 416 g/mol. The second-order valence-electron chi connectivity index (χ2n) is 7.17. The summed E-state index contributed by atoms with van der Waals surface area (Å²) in [5, 5.41) is 0.817. The first-order valence-corrected chi connectivity index (χ1v) is 10.2. The molecule has 0 heterocycles. The van der Waals surface area contributed by atoms with Gasteiger partial charge >= 0.3 is 0 Å². The van der Waals surface area contributed by atoms with Crippen LogP contribution in [0.3, 0.4) is 0 Å². The normalized spacial score (nSPS) is 18.1. The van der Waals surface area contributed by atoms with Crippen molar-refractivity contribution in [3.8, 4) is 22.3 Å². The SMILES string of the molecule is Clc1cccc2c1-c1ccccc1C21c2ccccc2-c2c(Br)cccc21. The van der Waals surface area contributed by atoms with Gasteiger partial charge in [-0.1, -0.05) is 100 Å². The molecule has 2 aliphatic carbocycles. The Hall–Kier alpha value is -2.35. The molecule has 0 saturated carbocycles. The maximum absolute atomic E-state index is 6.74. The molecule has 0 fully saturated rings. The molecule has 2 heteroatoms. The van der Waals surface area contributed by atoms with Gasteiger partial charge in [-0.25, -0.2) is 0 Å². The van der Waals surface area contributed by atoms with Crippen LogP contribution >= 0.6 is 27.5 Å². The molecule has 6 rings (SSSR count). The summed E-state index contributed by atoms with van der Waals surface area (Å²) in [4.78, 5) is 0. The van der Waals surface area contributed by atoms with E-state index in [9.17, 15) is 0 Å². The van der Waals surface area contributed by atoms with E-state index in [0.29, 0.717) is 0 Å². The minimum absolute atomic E-state index is 0.313. The van der Waals surface area contributed by atoms with E-state index >= 15 is 0 Å². The van der Waals surface area contributed by atoms with Gasteiger partial charge in [-0.3, -0.25) is 0 Å². The summed E-state index contributed by atoms with van der Waals surface area (Å²) >= 11 is 10.6. The molecular formula is C25H14BrCl. The molecule has 1 atom stereocenters. The van der Waals surface area contributed by atoms with Crippen molar-refractivity contribution in [1.82, 2.24) is 0 Å². The number of hydrogen-bond acceptors (Lipinski definition) is 0. The highest BCUT2D eigenvalue weighted by Gasteiger charge is 2.52. The smallest absolute Gasteiger partial charge is 0.0726 e. The average molecular weight is 430 g/mol. The molecule has 0 saturated heterocycles. The zero-order valence-corrected chi connectivity index (χ0v) is 16.7. The average Bonchev–Trinajstić information content (AvgIpc) is 3.17. The molecule has 0 aliphatic heterocycles. The van der Waals surface area contributed by atoms with Gasteiger partial charge in [0.05, 0.1) is 5.41 Å². The summed E-state index contributed by atoms with van der Waals surface area (Å²) in [6.45, 7) is 0. The fourth-order valence-corrected chi connectivity index (χ4v) is 6.00. The van der Waals surface area contributed by atoms with Crippen molar-refractivity contribution in [2.75, 3.05) is 0 Å². The number of hydrogen-bond donors (Lipinski definition) is 0. The van der Waals surface area contributed by atoms with E-state index in [-0.39, 0.29) is 5.41 Å². The Morgan fingerprint density at radius 2 is 1.07 bits per heavy atom. The number of fused-ring (bicyclic) bond motifs is 10. The Morgan fingerprint density at radius 1 is 0.556 bits per heavy atom. The zero-order valence-electron chi connectivity index (χ0n) is 14.3. The third kappa shape index (κ3) is 1.75. The van der Waals surface area contributed by atoms with Crippen molar-refractivity contribution >= 4 is 27.5 Å². The first-order valence-electron chi connectivity index (χ1n) is 9.02. The lowest BCUT2D eigenvalue weighted by Gasteiger charge is -2.30. The van der Waals surface area contributed by atoms with Crippen molar-refractivity contribution in [2.24, 2.45) is 0 Å². The van der Waals surface area contributed by atoms with Crippen LogP contribution < -0.4 is 0 Å². The third-order valence-corrected chi connectivity index (χ3v) is 7.01. The van der Waals surface area contributed by atoms with Gasteiger partial charge in [0.2, 0.25) is 0 Å². The lowest BCUT2D eigenvalue weighted by molar-refractivity contribution is 0.793. The fraction of sp³-hybridized carbons (Fsp3) is 0.0400. The minimum Gasteiger partial charge on any atom is -0.0837 e. The molecule has 0 bridgehead atoms. The Bertz CT molecular complexity index is 1160. The van der Waals surface area contributed by atoms with Crippen LogP contribution in [0.5, 0.6) is 0 Å². The van der Waals surface area contributed by atoms with Gasteiger partial charge in [0.25, 0.3) is 0 Å². The molecule has 0 radical (unpaired) electrons. The number of benzene rings is 4. The zero-order chi connectivity index (χ0) is 18.2. The largest absolute Gasteiger partial charge is 0.0837 e. The van der Waals surface area contributed by atoms with Crippen LogP contribution in [0, 0.1) is 0 Å². The fourth-order valence-electron chi connectivity index (χ4n) is 5.15. The quantitative estimate of drug-likeness (QED) is 0.235. The summed E-state index contributed by atoms with van der Waals surface area (Å²) in [5.74, 6) is 0. The topological polar surface area (TPSA) is 0 Å². The van der Waals surface area contributed by atoms with Crippen molar-refractivity contribution < 1.29 is 0 Å². The van der Waals surface area contributed by atoms with Gasteiger partial charge in [-0.15, -0.1) is 0 Å². The van der Waals surface area contributed by atoms with Gasteiger partial charge in [0.1, 0.15) is 0 Å². The Morgan fingerprint density at radius 3 is 1.78 bits per heavy atom. The van der Waals surface area contributed by atoms with Crippen molar-refractivity contribution in [1.29, 1.82) is 0 Å². The monoisotopic (exact) mass is 428 g/mol. The summed E-state index contributed by atoms with van der Waals surface area (Å²) in [6, 6.07) is 30.3. The van der Waals surface area contributed by atoms with Gasteiger partial charge in [-0.2, -0.15) is 0 Å².